The molecule has 7 heteroatoms. The molecule has 1 aromatic carbocycles. The molecule has 0 fully saturated rings. The monoisotopic (exact) mass is 263 g/mol. The Balaban J connectivity index is 2.23. The molecule has 5 nitrogen and oxygen atoms in total. The van der Waals surface area contributed by atoms with Gasteiger partial charge in [-0.25, -0.2) is 14.2 Å². The Kier molecular flexibility index (Phi) is 3.21. The van der Waals surface area contributed by atoms with Crippen LogP contribution < -0.4 is 5.32 Å². The van der Waals surface area contributed by atoms with Gasteiger partial charge in [0.25, 0.3) is 0 Å². The van der Waals surface area contributed by atoms with Gasteiger partial charge in [-0.3, -0.25) is 0 Å². The molecule has 0 bridgehead atoms. The second kappa shape index (κ2) is 4.81. The number of halogens is 1. The second-order valence-corrected chi connectivity index (χ2v) is 4.30. The third kappa shape index (κ3) is 2.44. The van der Waals surface area contributed by atoms with Crippen molar-refractivity contribution in [3.8, 4) is 6.07 Å². The highest BCUT2D eigenvalue weighted by atomic mass is 32.1. The summed E-state index contributed by atoms with van der Waals surface area (Å²) in [6, 6.07) is 5.76. The molecule has 90 valence electrons. The van der Waals surface area contributed by atoms with Crippen LogP contribution in [-0.4, -0.2) is 16.1 Å². The molecular weight excluding hydrogens is 257 g/mol. The third-order valence-corrected chi connectivity index (χ3v) is 2.96. The van der Waals surface area contributed by atoms with Crippen molar-refractivity contribution in [1.82, 2.24) is 4.98 Å². The molecule has 0 saturated carbocycles. The highest BCUT2D eigenvalue weighted by Crippen LogP contribution is 2.24. The van der Waals surface area contributed by atoms with Gasteiger partial charge < -0.3 is 10.4 Å². The maximum absolute atomic E-state index is 13.5. The molecule has 0 aliphatic carbocycles. The predicted octanol–water partition coefficient (Wildman–Crippen LogP) is 2.60. The Morgan fingerprint density at radius 2 is 2.33 bits per heavy atom. The number of aromatic carboxylic acids is 1. The zero-order chi connectivity index (χ0) is 13.1. The molecule has 18 heavy (non-hydrogen) atoms. The number of carboxylic acid groups (broad SMARTS) is 1. The number of thiazole rings is 1. The van der Waals surface area contributed by atoms with Crippen LogP contribution >= 0.6 is 11.3 Å². The number of carboxylic acids is 1. The molecule has 1 heterocycles. The summed E-state index contributed by atoms with van der Waals surface area (Å²) in [7, 11) is 0. The number of rotatable bonds is 3. The fourth-order valence-electron chi connectivity index (χ4n) is 1.23. The Morgan fingerprint density at radius 1 is 1.56 bits per heavy atom. The first-order valence-corrected chi connectivity index (χ1v) is 5.57. The van der Waals surface area contributed by atoms with Crippen LogP contribution in [0.3, 0.4) is 0 Å². The van der Waals surface area contributed by atoms with E-state index in [0.29, 0.717) is 0 Å². The number of hydrogen-bond donors (Lipinski definition) is 2. The summed E-state index contributed by atoms with van der Waals surface area (Å²) in [4.78, 5) is 14.5. The molecule has 2 aromatic rings. The minimum atomic E-state index is -1.08. The molecule has 0 aliphatic heterocycles. The van der Waals surface area contributed by atoms with Gasteiger partial charge in [-0.15, -0.1) is 0 Å². The molecule has 2 N–H and O–H groups in total. The first kappa shape index (κ1) is 12.0. The van der Waals surface area contributed by atoms with Crippen molar-refractivity contribution in [3.63, 3.8) is 0 Å². The Hall–Kier alpha value is -2.46. The van der Waals surface area contributed by atoms with Crippen LogP contribution in [-0.2, 0) is 0 Å². The number of carbonyl (C=O) groups is 1. The highest BCUT2D eigenvalue weighted by molar-refractivity contribution is 7.17. The van der Waals surface area contributed by atoms with Crippen LogP contribution in [0, 0.1) is 17.1 Å². The summed E-state index contributed by atoms with van der Waals surface area (Å²) in [5, 5.41) is 20.2. The smallest absolute Gasteiger partial charge is 0.347 e. The molecular formula is C11H6FN3O2S. The van der Waals surface area contributed by atoms with Crippen molar-refractivity contribution in [1.29, 1.82) is 5.26 Å². The van der Waals surface area contributed by atoms with E-state index < -0.39 is 11.8 Å². The Morgan fingerprint density at radius 3 is 2.89 bits per heavy atom. The van der Waals surface area contributed by atoms with Gasteiger partial charge in [-0.2, -0.15) is 5.26 Å². The summed E-state index contributed by atoms with van der Waals surface area (Å²) in [6.07, 6.45) is 1.19. The Bertz CT molecular complexity index is 648. The van der Waals surface area contributed by atoms with Gasteiger partial charge in [0.1, 0.15) is 10.7 Å². The first-order valence-electron chi connectivity index (χ1n) is 4.76. The summed E-state index contributed by atoms with van der Waals surface area (Å²) in [6.45, 7) is 0. The lowest BCUT2D eigenvalue weighted by molar-refractivity contribution is 0.0702. The van der Waals surface area contributed by atoms with Gasteiger partial charge in [0.2, 0.25) is 0 Å². The lowest BCUT2D eigenvalue weighted by atomic mass is 10.2. The van der Waals surface area contributed by atoms with E-state index in [0.717, 1.165) is 17.4 Å². The molecule has 0 radical (unpaired) electrons. The number of benzene rings is 1. The topological polar surface area (TPSA) is 86.0 Å². The lowest BCUT2D eigenvalue weighted by Gasteiger charge is -2.03. The van der Waals surface area contributed by atoms with Crippen molar-refractivity contribution in [3.05, 3.63) is 40.7 Å². The van der Waals surface area contributed by atoms with Crippen LogP contribution in [0.2, 0.25) is 0 Å². The van der Waals surface area contributed by atoms with Crippen molar-refractivity contribution >= 4 is 28.1 Å². The van der Waals surface area contributed by atoms with E-state index in [1.54, 1.807) is 0 Å². The van der Waals surface area contributed by atoms with Gasteiger partial charge >= 0.3 is 5.97 Å². The largest absolute Gasteiger partial charge is 0.477 e. The van der Waals surface area contributed by atoms with E-state index in [9.17, 15) is 9.18 Å². The number of aromatic nitrogens is 1. The Labute approximate surface area is 105 Å². The molecule has 0 aliphatic rings. The van der Waals surface area contributed by atoms with E-state index >= 15 is 0 Å². The normalized spacial score (nSPS) is 9.78. The minimum absolute atomic E-state index is 0.0616. The number of anilines is 2. The maximum atomic E-state index is 13.5. The van der Waals surface area contributed by atoms with E-state index in [1.807, 2.05) is 6.07 Å². The zero-order valence-corrected chi connectivity index (χ0v) is 9.66. The fraction of sp³-hybridized carbons (Fsp3) is 0. The third-order valence-electron chi connectivity index (χ3n) is 2.06. The van der Waals surface area contributed by atoms with Crippen LogP contribution in [0.15, 0.2) is 24.4 Å². The highest BCUT2D eigenvalue weighted by Gasteiger charge is 2.10. The van der Waals surface area contributed by atoms with Crippen LogP contribution in [0.5, 0.6) is 0 Å². The zero-order valence-electron chi connectivity index (χ0n) is 8.85. The van der Waals surface area contributed by atoms with Gasteiger partial charge in [0, 0.05) is 0 Å². The number of nitrogens with zero attached hydrogens (tertiary/aromatic N) is 2. The number of nitrogens with one attached hydrogen (secondary N) is 1. The van der Waals surface area contributed by atoms with Crippen molar-refractivity contribution in [2.24, 2.45) is 0 Å². The average Bonchev–Trinajstić information content (AvgIpc) is 2.80. The predicted molar refractivity (Wildman–Crippen MR) is 63.5 cm³/mol. The number of hydrogen-bond acceptors (Lipinski definition) is 5. The summed E-state index contributed by atoms with van der Waals surface area (Å²) in [5.41, 5.74) is 0.351. The van der Waals surface area contributed by atoms with Gasteiger partial charge in [-0.1, -0.05) is 11.3 Å². The average molecular weight is 263 g/mol. The number of nitriles is 1. The second-order valence-electron chi connectivity index (χ2n) is 3.27. The van der Waals surface area contributed by atoms with Crippen molar-refractivity contribution in [2.75, 3.05) is 5.32 Å². The summed E-state index contributed by atoms with van der Waals surface area (Å²) >= 11 is 0.901. The molecule has 0 saturated heterocycles. The molecule has 2 rings (SSSR count). The molecule has 0 amide bonds. The molecule has 1 aromatic heterocycles. The minimum Gasteiger partial charge on any atom is -0.477 e. The fourth-order valence-corrected chi connectivity index (χ4v) is 1.90. The summed E-state index contributed by atoms with van der Waals surface area (Å²) in [5.74, 6) is -1.68. The van der Waals surface area contributed by atoms with Gasteiger partial charge in [0.15, 0.2) is 5.13 Å². The molecule has 0 spiro atoms. The van der Waals surface area contributed by atoms with E-state index in [-0.39, 0.29) is 21.3 Å². The van der Waals surface area contributed by atoms with E-state index in [1.165, 1.54) is 18.3 Å². The molecule has 0 atom stereocenters. The van der Waals surface area contributed by atoms with Crippen LogP contribution in [0.25, 0.3) is 0 Å². The maximum Gasteiger partial charge on any atom is 0.347 e. The van der Waals surface area contributed by atoms with Gasteiger partial charge in [0.05, 0.1) is 23.5 Å². The standard InChI is InChI=1S/C11H6FN3O2S/c12-7-3-6(4-13)1-2-8(7)15-11-14-5-9(18-11)10(16)17/h1-3,5H,(H,14,15)(H,16,17). The molecule has 0 unspecified atom stereocenters. The summed E-state index contributed by atoms with van der Waals surface area (Å²) < 4.78 is 13.5. The first-order chi connectivity index (χ1) is 8.60. The van der Waals surface area contributed by atoms with Gasteiger partial charge in [-0.05, 0) is 18.2 Å². The SMILES string of the molecule is N#Cc1ccc(Nc2ncc(C(=O)O)s2)c(F)c1. The van der Waals surface area contributed by atoms with Crippen molar-refractivity contribution in [2.45, 2.75) is 0 Å². The van der Waals surface area contributed by atoms with E-state index in [4.69, 9.17) is 10.4 Å². The van der Waals surface area contributed by atoms with Crippen molar-refractivity contribution < 1.29 is 14.3 Å². The lowest BCUT2D eigenvalue weighted by Crippen LogP contribution is -1.93. The van der Waals surface area contributed by atoms with E-state index in [2.05, 4.69) is 10.3 Å². The van der Waals surface area contributed by atoms with Crippen LogP contribution in [0.4, 0.5) is 15.2 Å². The quantitative estimate of drug-likeness (QED) is 0.888. The van der Waals surface area contributed by atoms with Crippen LogP contribution in [0.1, 0.15) is 15.2 Å².